The fourth-order valence-electron chi connectivity index (χ4n) is 5.01. The lowest BCUT2D eigenvalue weighted by molar-refractivity contribution is -0.179. The molecule has 192 valence electrons. The van der Waals surface area contributed by atoms with Crippen LogP contribution in [0.2, 0.25) is 0 Å². The minimum atomic E-state index is -6.68. The van der Waals surface area contributed by atoms with Gasteiger partial charge in [0.25, 0.3) is 0 Å². The summed E-state index contributed by atoms with van der Waals surface area (Å²) in [5.41, 5.74) is 0. The summed E-state index contributed by atoms with van der Waals surface area (Å²) in [6.45, 7) is -1.37. The summed E-state index contributed by atoms with van der Waals surface area (Å²) in [5.74, 6) is -10.9. The summed E-state index contributed by atoms with van der Waals surface area (Å²) >= 11 is 0. The smallest absolute Gasteiger partial charge is 0.396 e. The molecule has 0 amide bonds. The summed E-state index contributed by atoms with van der Waals surface area (Å²) in [7, 11) is -6.68. The van der Waals surface area contributed by atoms with Gasteiger partial charge < -0.3 is 23.5 Å². The van der Waals surface area contributed by atoms with Gasteiger partial charge in [-0.15, -0.1) is 0 Å². The van der Waals surface area contributed by atoms with E-state index in [1.165, 1.54) is 0 Å². The first-order valence-electron chi connectivity index (χ1n) is 10.7. The van der Waals surface area contributed by atoms with Crippen LogP contribution in [0.5, 0.6) is 0 Å². The number of hydrogen-bond donors (Lipinski definition) is 0. The molecular weight excluding hydrogens is 496 g/mol. The molecule has 0 aromatic heterocycles. The topological polar surface area (TPSA) is 145 Å². The molecule has 4 rings (SSSR count). The van der Waals surface area contributed by atoms with Crippen molar-refractivity contribution in [2.75, 3.05) is 6.61 Å². The van der Waals surface area contributed by atoms with E-state index in [0.29, 0.717) is 12.8 Å². The number of ether oxygens (including phenoxy) is 4. The van der Waals surface area contributed by atoms with Gasteiger partial charge in [-0.1, -0.05) is 19.3 Å². The van der Waals surface area contributed by atoms with Crippen molar-refractivity contribution in [3.8, 4) is 0 Å². The van der Waals surface area contributed by atoms with E-state index in [4.69, 9.17) is 14.2 Å². The van der Waals surface area contributed by atoms with Gasteiger partial charge in [-0.2, -0.15) is 17.6 Å². The van der Waals surface area contributed by atoms with Gasteiger partial charge in [-0.25, -0.2) is 8.42 Å². The Morgan fingerprint density at radius 1 is 1.03 bits per heavy atom. The van der Waals surface area contributed by atoms with Gasteiger partial charge in [0.2, 0.25) is 0 Å². The van der Waals surface area contributed by atoms with Crippen LogP contribution in [0, 0.1) is 17.8 Å². The quantitative estimate of drug-likeness (QED) is 0.199. The number of alkyl halides is 4. The average Bonchev–Trinajstić information content (AvgIpc) is 3.37. The van der Waals surface area contributed by atoms with Crippen LogP contribution in [0.4, 0.5) is 17.6 Å². The minimum absolute atomic E-state index is 0.354. The average molecular weight is 517 g/mol. The Kier molecular flexibility index (Phi) is 6.34. The third-order valence-corrected chi connectivity index (χ3v) is 7.69. The van der Waals surface area contributed by atoms with Gasteiger partial charge in [-0.3, -0.25) is 14.4 Å². The van der Waals surface area contributed by atoms with Crippen LogP contribution in [0.1, 0.15) is 38.5 Å². The molecule has 15 heteroatoms. The minimum Gasteiger partial charge on any atom is -0.743 e. The Hall–Kier alpha value is -2.00. The van der Waals surface area contributed by atoms with E-state index in [9.17, 15) is 44.9 Å². The summed E-state index contributed by atoms with van der Waals surface area (Å²) in [4.78, 5) is 37.4. The summed E-state index contributed by atoms with van der Waals surface area (Å²) in [6, 6.07) is 0. The Bertz CT molecular complexity index is 964. The van der Waals surface area contributed by atoms with E-state index < -0.39 is 88.5 Å². The number of hydrogen-bond acceptors (Lipinski definition) is 10. The maximum atomic E-state index is 13.6. The van der Waals surface area contributed by atoms with Crippen LogP contribution >= 0.6 is 0 Å². The number of rotatable bonds is 8. The third kappa shape index (κ3) is 4.04. The van der Waals surface area contributed by atoms with Crippen LogP contribution in [0.3, 0.4) is 0 Å². The Labute approximate surface area is 191 Å². The molecule has 1 aliphatic carbocycles. The second-order valence-corrected chi connectivity index (χ2v) is 10.3. The molecular formula is C19H21F4O10S-. The lowest BCUT2D eigenvalue weighted by atomic mass is 9.78. The largest absolute Gasteiger partial charge is 0.743 e. The molecule has 10 nitrogen and oxygen atoms in total. The molecule has 1 saturated carbocycles. The molecule has 3 aliphatic heterocycles. The zero-order chi connectivity index (χ0) is 25.1. The Morgan fingerprint density at radius 3 is 2.29 bits per heavy atom. The number of carbonyl (C=O) groups is 3. The number of halogens is 4. The third-order valence-electron chi connectivity index (χ3n) is 6.77. The second-order valence-electron chi connectivity index (χ2n) is 8.85. The van der Waals surface area contributed by atoms with Crippen molar-refractivity contribution in [2.24, 2.45) is 17.8 Å². The molecule has 0 aromatic rings. The van der Waals surface area contributed by atoms with E-state index in [1.807, 2.05) is 0 Å². The molecule has 0 radical (unpaired) electrons. The normalized spacial score (nSPS) is 33.6. The van der Waals surface area contributed by atoms with Crippen LogP contribution in [0.15, 0.2) is 0 Å². The van der Waals surface area contributed by atoms with E-state index in [1.54, 1.807) is 0 Å². The van der Waals surface area contributed by atoms with Gasteiger partial charge in [0.05, 0.1) is 18.9 Å². The zero-order valence-electron chi connectivity index (χ0n) is 17.5. The molecule has 3 saturated heterocycles. The molecule has 0 spiro atoms. The molecule has 4 aliphatic rings. The SMILES string of the molecule is O=C(OC1C2OC(=O)C3C2OC1C3C(=O)OCCC(F)(F)C(F)(F)S(=O)(=O)[O-])C1CCCCC1. The molecule has 0 aromatic carbocycles. The van der Waals surface area contributed by atoms with Gasteiger partial charge in [0.15, 0.2) is 22.3 Å². The highest BCUT2D eigenvalue weighted by Crippen LogP contribution is 2.52. The Morgan fingerprint density at radius 2 is 1.68 bits per heavy atom. The number of carbonyl (C=O) groups excluding carboxylic acids is 3. The highest BCUT2D eigenvalue weighted by molar-refractivity contribution is 7.86. The molecule has 34 heavy (non-hydrogen) atoms. The molecule has 4 fully saturated rings. The standard InChI is InChI=1S/C19H22F4O10S/c20-18(21,19(22,23)34(27,28)29)6-7-30-16(25)9-10-12-14(33-17(10)26)13(11(9)31-12)32-15(24)8-4-2-1-3-5-8/h8-14H,1-7H2,(H,27,28,29)/p-1. The highest BCUT2D eigenvalue weighted by Gasteiger charge is 2.72. The predicted octanol–water partition coefficient (Wildman–Crippen LogP) is 1.12. The predicted molar refractivity (Wildman–Crippen MR) is 97.1 cm³/mol. The zero-order valence-corrected chi connectivity index (χ0v) is 18.3. The molecule has 2 bridgehead atoms. The first kappa shape index (κ1) is 25.1. The van der Waals surface area contributed by atoms with Crippen molar-refractivity contribution >= 4 is 28.0 Å². The summed E-state index contributed by atoms with van der Waals surface area (Å²) in [5, 5.41) is -5.91. The van der Waals surface area contributed by atoms with Gasteiger partial charge in [0, 0.05) is 0 Å². The van der Waals surface area contributed by atoms with Crippen molar-refractivity contribution < 1.29 is 63.9 Å². The summed E-state index contributed by atoms with van der Waals surface area (Å²) < 4.78 is 106. The molecule has 6 atom stereocenters. The molecule has 6 unspecified atom stereocenters. The van der Waals surface area contributed by atoms with Gasteiger partial charge >= 0.3 is 29.1 Å². The Balaban J connectivity index is 1.41. The van der Waals surface area contributed by atoms with Crippen LogP contribution in [-0.2, 0) is 43.4 Å². The monoisotopic (exact) mass is 517 g/mol. The molecule has 0 N–H and O–H groups in total. The first-order chi connectivity index (χ1) is 15.8. The highest BCUT2D eigenvalue weighted by atomic mass is 32.2. The fraction of sp³-hybridized carbons (Fsp3) is 0.842. The van der Waals surface area contributed by atoms with E-state index in [2.05, 4.69) is 4.74 Å². The van der Waals surface area contributed by atoms with Gasteiger partial charge in [0.1, 0.15) is 24.0 Å². The summed E-state index contributed by atoms with van der Waals surface area (Å²) in [6.07, 6.45) is -2.21. The lowest BCUT2D eigenvalue weighted by Crippen LogP contribution is -2.49. The van der Waals surface area contributed by atoms with Crippen molar-refractivity contribution in [3.05, 3.63) is 0 Å². The van der Waals surface area contributed by atoms with Gasteiger partial charge in [-0.05, 0) is 12.8 Å². The second kappa shape index (κ2) is 8.59. The van der Waals surface area contributed by atoms with Crippen LogP contribution in [0.25, 0.3) is 0 Å². The van der Waals surface area contributed by atoms with Crippen LogP contribution in [-0.4, -0.2) is 73.1 Å². The number of fused-ring (bicyclic) bond motifs is 1. The van der Waals surface area contributed by atoms with Crippen molar-refractivity contribution in [1.29, 1.82) is 0 Å². The van der Waals surface area contributed by atoms with E-state index in [0.717, 1.165) is 19.3 Å². The fourth-order valence-corrected chi connectivity index (χ4v) is 5.48. The van der Waals surface area contributed by atoms with Crippen molar-refractivity contribution in [2.45, 2.75) is 74.1 Å². The first-order valence-corrected chi connectivity index (χ1v) is 12.1. The van der Waals surface area contributed by atoms with Crippen molar-refractivity contribution in [3.63, 3.8) is 0 Å². The number of esters is 3. The van der Waals surface area contributed by atoms with E-state index >= 15 is 0 Å². The van der Waals surface area contributed by atoms with Crippen LogP contribution < -0.4 is 0 Å². The lowest BCUT2D eigenvalue weighted by Gasteiger charge is -2.30. The maximum Gasteiger partial charge on any atom is 0.396 e. The van der Waals surface area contributed by atoms with E-state index in [-0.39, 0.29) is 5.92 Å². The van der Waals surface area contributed by atoms with Crippen molar-refractivity contribution in [1.82, 2.24) is 0 Å². The molecule has 3 heterocycles. The maximum absolute atomic E-state index is 13.6.